The van der Waals surface area contributed by atoms with E-state index >= 15 is 0 Å². The number of ketones is 2. The fourth-order valence-electron chi connectivity index (χ4n) is 3.55. The zero-order valence-electron chi connectivity index (χ0n) is 10.9. The van der Waals surface area contributed by atoms with E-state index in [1.807, 2.05) is 13.8 Å². The smallest absolute Gasteiger partial charge is 0.156 e. The zero-order chi connectivity index (χ0) is 12.8. The van der Waals surface area contributed by atoms with Crippen molar-refractivity contribution in [3.05, 3.63) is 23.8 Å². The van der Waals surface area contributed by atoms with Crippen LogP contribution < -0.4 is 0 Å². The molecule has 17 heavy (non-hydrogen) atoms. The van der Waals surface area contributed by atoms with Crippen LogP contribution in [-0.2, 0) is 9.59 Å². The molecule has 2 rings (SSSR count). The molecule has 0 aromatic carbocycles. The summed E-state index contributed by atoms with van der Waals surface area (Å²) >= 11 is 0. The highest BCUT2D eigenvalue weighted by Crippen LogP contribution is 2.50. The molecule has 0 saturated heterocycles. The fourth-order valence-corrected chi connectivity index (χ4v) is 3.55. The normalized spacial score (nSPS) is 37.5. The number of fused-ring (bicyclic) bond motifs is 1. The standard InChI is InChI=1S/C15H20O2/c1-9(2)12-5-6-15(4)8-11(16)7-10(3)13(15)14(12)17/h7,12-13H,1,5-6,8H2,2-4H3/t12-,13-,15-/m1/s1. The van der Waals surface area contributed by atoms with E-state index in [4.69, 9.17) is 0 Å². The summed E-state index contributed by atoms with van der Waals surface area (Å²) < 4.78 is 0. The SMILES string of the molecule is C=C(C)[C@H]1CC[C@]2(C)CC(=O)C=C(C)[C@@H]2C1=O. The summed E-state index contributed by atoms with van der Waals surface area (Å²) in [6, 6.07) is 0. The summed E-state index contributed by atoms with van der Waals surface area (Å²) in [4.78, 5) is 24.2. The number of hydrogen-bond acceptors (Lipinski definition) is 2. The molecule has 2 aliphatic carbocycles. The summed E-state index contributed by atoms with van der Waals surface area (Å²) in [7, 11) is 0. The van der Waals surface area contributed by atoms with Crippen LogP contribution in [0.15, 0.2) is 23.8 Å². The van der Waals surface area contributed by atoms with E-state index in [9.17, 15) is 9.59 Å². The van der Waals surface area contributed by atoms with Gasteiger partial charge in [-0.05, 0) is 38.2 Å². The highest BCUT2D eigenvalue weighted by molar-refractivity contribution is 5.98. The number of carbonyl (C=O) groups excluding carboxylic acids is 2. The number of rotatable bonds is 1. The Morgan fingerprint density at radius 2 is 2.12 bits per heavy atom. The van der Waals surface area contributed by atoms with Crippen LogP contribution >= 0.6 is 0 Å². The third-order valence-electron chi connectivity index (χ3n) is 4.35. The summed E-state index contributed by atoms with van der Waals surface area (Å²) in [5, 5.41) is 0. The van der Waals surface area contributed by atoms with Crippen LogP contribution in [0.4, 0.5) is 0 Å². The maximum atomic E-state index is 12.5. The molecule has 0 aromatic rings. The van der Waals surface area contributed by atoms with Crippen LogP contribution in [-0.4, -0.2) is 11.6 Å². The Bertz CT molecular complexity index is 430. The first kappa shape index (κ1) is 12.3. The molecule has 0 amide bonds. The summed E-state index contributed by atoms with van der Waals surface area (Å²) in [5.74, 6) is 0.357. The molecule has 92 valence electrons. The van der Waals surface area contributed by atoms with Crippen LogP contribution in [0.3, 0.4) is 0 Å². The molecule has 1 fully saturated rings. The minimum Gasteiger partial charge on any atom is -0.298 e. The van der Waals surface area contributed by atoms with Gasteiger partial charge >= 0.3 is 0 Å². The lowest BCUT2D eigenvalue weighted by Gasteiger charge is -2.45. The van der Waals surface area contributed by atoms with Gasteiger partial charge in [0, 0.05) is 18.3 Å². The molecule has 0 bridgehead atoms. The molecule has 2 nitrogen and oxygen atoms in total. The van der Waals surface area contributed by atoms with Crippen molar-refractivity contribution in [2.75, 3.05) is 0 Å². The average Bonchev–Trinajstić information content (AvgIpc) is 2.14. The number of hydrogen-bond donors (Lipinski definition) is 0. The van der Waals surface area contributed by atoms with E-state index in [1.165, 1.54) is 0 Å². The van der Waals surface area contributed by atoms with Crippen molar-refractivity contribution < 1.29 is 9.59 Å². The Kier molecular flexibility index (Phi) is 2.84. The molecule has 0 aromatic heterocycles. The molecule has 0 radical (unpaired) electrons. The predicted molar refractivity (Wildman–Crippen MR) is 67.5 cm³/mol. The third-order valence-corrected chi connectivity index (χ3v) is 4.35. The van der Waals surface area contributed by atoms with Crippen molar-refractivity contribution in [3.8, 4) is 0 Å². The molecule has 0 heterocycles. The van der Waals surface area contributed by atoms with Gasteiger partial charge in [-0.1, -0.05) is 24.6 Å². The van der Waals surface area contributed by atoms with Gasteiger partial charge in [-0.15, -0.1) is 0 Å². The van der Waals surface area contributed by atoms with Gasteiger partial charge < -0.3 is 0 Å². The van der Waals surface area contributed by atoms with Crippen LogP contribution in [0.5, 0.6) is 0 Å². The minimum atomic E-state index is -0.154. The highest BCUT2D eigenvalue weighted by Gasteiger charge is 2.49. The first-order chi connectivity index (χ1) is 7.85. The first-order valence-electron chi connectivity index (χ1n) is 6.25. The van der Waals surface area contributed by atoms with E-state index in [-0.39, 0.29) is 28.8 Å². The lowest BCUT2D eigenvalue weighted by atomic mass is 9.56. The lowest BCUT2D eigenvalue weighted by Crippen LogP contribution is -2.46. The maximum Gasteiger partial charge on any atom is 0.156 e. The highest BCUT2D eigenvalue weighted by atomic mass is 16.1. The fraction of sp³-hybridized carbons (Fsp3) is 0.600. The topological polar surface area (TPSA) is 34.1 Å². The summed E-state index contributed by atoms with van der Waals surface area (Å²) in [6.07, 6.45) is 3.97. The number of carbonyl (C=O) groups is 2. The molecule has 0 N–H and O–H groups in total. The van der Waals surface area contributed by atoms with E-state index < -0.39 is 0 Å². The van der Waals surface area contributed by atoms with E-state index in [0.29, 0.717) is 6.42 Å². The molecule has 3 atom stereocenters. The second-order valence-electron chi connectivity index (χ2n) is 5.96. The summed E-state index contributed by atoms with van der Waals surface area (Å²) in [6.45, 7) is 9.85. The second-order valence-corrected chi connectivity index (χ2v) is 5.96. The van der Waals surface area contributed by atoms with Gasteiger partial charge in [0.15, 0.2) is 5.78 Å². The molecule has 0 unspecified atom stereocenters. The van der Waals surface area contributed by atoms with Crippen molar-refractivity contribution in [1.82, 2.24) is 0 Å². The quantitative estimate of drug-likeness (QED) is 0.651. The van der Waals surface area contributed by atoms with Gasteiger partial charge in [-0.25, -0.2) is 0 Å². The van der Waals surface area contributed by atoms with Crippen molar-refractivity contribution in [2.45, 2.75) is 40.0 Å². The van der Waals surface area contributed by atoms with Crippen molar-refractivity contribution in [3.63, 3.8) is 0 Å². The predicted octanol–water partition coefficient (Wildman–Crippen LogP) is 3.08. The molecule has 2 aliphatic rings. The van der Waals surface area contributed by atoms with E-state index in [1.54, 1.807) is 6.08 Å². The lowest BCUT2D eigenvalue weighted by molar-refractivity contribution is -0.134. The van der Waals surface area contributed by atoms with E-state index in [2.05, 4.69) is 13.5 Å². The van der Waals surface area contributed by atoms with E-state index in [0.717, 1.165) is 24.0 Å². The van der Waals surface area contributed by atoms with Crippen LogP contribution in [0.25, 0.3) is 0 Å². The molecular weight excluding hydrogens is 212 g/mol. The van der Waals surface area contributed by atoms with Gasteiger partial charge in [-0.3, -0.25) is 9.59 Å². The van der Waals surface area contributed by atoms with Crippen molar-refractivity contribution >= 4 is 11.6 Å². The van der Waals surface area contributed by atoms with Gasteiger partial charge in [0.05, 0.1) is 0 Å². The Balaban J connectivity index is 2.40. The monoisotopic (exact) mass is 232 g/mol. The van der Waals surface area contributed by atoms with Gasteiger partial charge in [0.25, 0.3) is 0 Å². The number of Topliss-reactive ketones (excluding diaryl/α,β-unsaturated/α-hetero) is 1. The molecule has 0 spiro atoms. The molecular formula is C15H20O2. The molecule has 1 saturated carbocycles. The van der Waals surface area contributed by atoms with Gasteiger partial charge in [-0.2, -0.15) is 0 Å². The second kappa shape index (κ2) is 3.94. The van der Waals surface area contributed by atoms with Crippen LogP contribution in [0.2, 0.25) is 0 Å². The summed E-state index contributed by atoms with van der Waals surface area (Å²) in [5.41, 5.74) is 1.75. The molecule has 2 heteroatoms. The van der Waals surface area contributed by atoms with Crippen LogP contribution in [0.1, 0.15) is 40.0 Å². The van der Waals surface area contributed by atoms with Gasteiger partial charge in [0.2, 0.25) is 0 Å². The molecule has 0 aliphatic heterocycles. The first-order valence-corrected chi connectivity index (χ1v) is 6.25. The Morgan fingerprint density at radius 1 is 1.47 bits per heavy atom. The minimum absolute atomic E-state index is 0.00960. The number of allylic oxidation sites excluding steroid dienone is 3. The van der Waals surface area contributed by atoms with Crippen molar-refractivity contribution in [1.29, 1.82) is 0 Å². The Labute approximate surface area is 103 Å². The largest absolute Gasteiger partial charge is 0.298 e. The maximum absolute atomic E-state index is 12.5. The van der Waals surface area contributed by atoms with Crippen LogP contribution in [0, 0.1) is 17.3 Å². The van der Waals surface area contributed by atoms with Crippen molar-refractivity contribution in [2.24, 2.45) is 17.3 Å². The zero-order valence-corrected chi connectivity index (χ0v) is 10.9. The van der Waals surface area contributed by atoms with Gasteiger partial charge in [0.1, 0.15) is 5.78 Å². The Morgan fingerprint density at radius 3 is 2.71 bits per heavy atom. The third kappa shape index (κ3) is 1.90. The Hall–Kier alpha value is -1.18. The average molecular weight is 232 g/mol.